The van der Waals surface area contributed by atoms with Crippen LogP contribution in [0.1, 0.15) is 18.1 Å². The van der Waals surface area contributed by atoms with Crippen molar-refractivity contribution in [1.29, 1.82) is 0 Å². The molecule has 0 spiro atoms. The molecule has 0 aliphatic carbocycles. The molecule has 1 atom stereocenters. The average Bonchev–Trinajstić information content (AvgIpc) is 2.48. The molecule has 21 heavy (non-hydrogen) atoms. The van der Waals surface area contributed by atoms with Gasteiger partial charge in [-0.2, -0.15) is 5.10 Å². The molecule has 0 bridgehead atoms. The number of hydrogen-bond acceptors (Lipinski definition) is 5. The molecule has 1 aromatic carbocycles. The van der Waals surface area contributed by atoms with Gasteiger partial charge in [0.05, 0.1) is 19.3 Å². The Kier molecular flexibility index (Phi) is 5.08. The quantitative estimate of drug-likeness (QED) is 0.808. The summed E-state index contributed by atoms with van der Waals surface area (Å²) in [6, 6.07) is 8.66. The first kappa shape index (κ1) is 15.2. The highest BCUT2D eigenvalue weighted by atomic mass is 16.5. The molecule has 0 saturated heterocycles. The minimum atomic E-state index is -0.233. The van der Waals surface area contributed by atoms with Crippen LogP contribution in [0.2, 0.25) is 0 Å². The lowest BCUT2D eigenvalue weighted by molar-refractivity contribution is 0.282. The van der Waals surface area contributed by atoms with Crippen molar-refractivity contribution in [1.82, 2.24) is 9.78 Å². The Morgan fingerprint density at radius 3 is 2.57 bits per heavy atom. The lowest BCUT2D eigenvalue weighted by atomic mass is 10.1. The first-order chi connectivity index (χ1) is 10.1. The third-order valence-electron chi connectivity index (χ3n) is 2.90. The summed E-state index contributed by atoms with van der Waals surface area (Å²) in [7, 11) is 0. The normalized spacial score (nSPS) is 12.1. The third-order valence-corrected chi connectivity index (χ3v) is 2.90. The summed E-state index contributed by atoms with van der Waals surface area (Å²) in [6.45, 7) is 2.54. The van der Waals surface area contributed by atoms with Crippen LogP contribution in [0.3, 0.4) is 0 Å². The highest BCUT2D eigenvalue weighted by Gasteiger charge is 2.03. The van der Waals surface area contributed by atoms with Crippen LogP contribution in [0.15, 0.2) is 41.3 Å². The van der Waals surface area contributed by atoms with Gasteiger partial charge in [0, 0.05) is 12.1 Å². The van der Waals surface area contributed by atoms with Gasteiger partial charge in [-0.25, -0.2) is 4.68 Å². The van der Waals surface area contributed by atoms with Crippen LogP contribution >= 0.6 is 0 Å². The van der Waals surface area contributed by atoms with Crippen LogP contribution in [0.4, 0.5) is 0 Å². The summed E-state index contributed by atoms with van der Waals surface area (Å²) in [5, 5.41) is 13.1. The second-order valence-electron chi connectivity index (χ2n) is 4.95. The maximum absolute atomic E-state index is 12.0. The molecule has 2 rings (SSSR count). The van der Waals surface area contributed by atoms with Crippen LogP contribution in [-0.4, -0.2) is 27.5 Å². The molecular weight excluding hydrogens is 270 g/mol. The maximum atomic E-state index is 12.0. The maximum Gasteiger partial charge on any atom is 0.270 e. The van der Waals surface area contributed by atoms with E-state index in [0.29, 0.717) is 18.9 Å². The zero-order chi connectivity index (χ0) is 15.2. The lowest BCUT2D eigenvalue weighted by Gasteiger charge is -2.09. The average molecular weight is 289 g/mol. The Bertz CT molecular complexity index is 635. The smallest absolute Gasteiger partial charge is 0.270 e. The van der Waals surface area contributed by atoms with Crippen molar-refractivity contribution in [2.75, 3.05) is 6.61 Å². The molecule has 6 heteroatoms. The first-order valence-corrected chi connectivity index (χ1v) is 6.72. The predicted octanol–water partition coefficient (Wildman–Crippen LogP) is 0.510. The number of aliphatic hydroxyl groups is 1. The fourth-order valence-electron chi connectivity index (χ4n) is 1.77. The second-order valence-corrected chi connectivity index (χ2v) is 4.95. The zero-order valence-corrected chi connectivity index (χ0v) is 11.9. The number of hydrogen-bond donors (Lipinski definition) is 2. The summed E-state index contributed by atoms with van der Waals surface area (Å²) in [5.41, 5.74) is 7.12. The van der Waals surface area contributed by atoms with Crippen LogP contribution in [0.5, 0.6) is 5.75 Å². The fraction of sp³-hybridized carbons (Fsp3) is 0.333. The van der Waals surface area contributed by atoms with Gasteiger partial charge in [-0.1, -0.05) is 24.3 Å². The number of nitrogens with two attached hydrogens (primary N) is 1. The van der Waals surface area contributed by atoms with E-state index in [2.05, 4.69) is 5.10 Å². The topological polar surface area (TPSA) is 90.4 Å². The van der Waals surface area contributed by atoms with Gasteiger partial charge in [0.25, 0.3) is 5.56 Å². The van der Waals surface area contributed by atoms with E-state index in [9.17, 15) is 4.79 Å². The van der Waals surface area contributed by atoms with Crippen LogP contribution in [-0.2, 0) is 13.2 Å². The molecule has 0 radical (unpaired) electrons. The number of ether oxygens (including phenoxy) is 1. The van der Waals surface area contributed by atoms with Gasteiger partial charge < -0.3 is 15.6 Å². The second kappa shape index (κ2) is 7.01. The van der Waals surface area contributed by atoms with E-state index in [4.69, 9.17) is 15.6 Å². The van der Waals surface area contributed by atoms with Gasteiger partial charge in [0.15, 0.2) is 0 Å². The van der Waals surface area contributed by atoms with Crippen molar-refractivity contribution in [2.24, 2.45) is 5.73 Å². The Morgan fingerprint density at radius 2 is 2.00 bits per heavy atom. The highest BCUT2D eigenvalue weighted by molar-refractivity contribution is 5.22. The Hall–Kier alpha value is -2.18. The van der Waals surface area contributed by atoms with E-state index < -0.39 is 0 Å². The molecule has 1 heterocycles. The zero-order valence-electron chi connectivity index (χ0n) is 11.9. The Morgan fingerprint density at radius 1 is 1.33 bits per heavy atom. The minimum absolute atomic E-state index is 0.00405. The van der Waals surface area contributed by atoms with Gasteiger partial charge >= 0.3 is 0 Å². The van der Waals surface area contributed by atoms with E-state index in [1.165, 1.54) is 16.9 Å². The van der Waals surface area contributed by atoms with E-state index in [1.807, 2.05) is 31.2 Å². The fourth-order valence-corrected chi connectivity index (χ4v) is 1.77. The van der Waals surface area contributed by atoms with E-state index in [-0.39, 0.29) is 18.2 Å². The standard InChI is InChI=1S/C15H19N3O3/c1-11(16)10-21-14-6-15(20)18(17-7-14)8-12-2-4-13(9-19)5-3-12/h2-7,11,19H,8-10,16H2,1H3. The van der Waals surface area contributed by atoms with Gasteiger partial charge in [-0.15, -0.1) is 0 Å². The molecule has 3 N–H and O–H groups in total. The van der Waals surface area contributed by atoms with Crippen molar-refractivity contribution in [2.45, 2.75) is 26.1 Å². The number of aliphatic hydroxyl groups excluding tert-OH is 1. The molecule has 2 aromatic rings. The molecular formula is C15H19N3O3. The van der Waals surface area contributed by atoms with Gasteiger partial charge in [-0.3, -0.25) is 4.79 Å². The van der Waals surface area contributed by atoms with E-state index in [0.717, 1.165) is 11.1 Å². The molecule has 112 valence electrons. The highest BCUT2D eigenvalue weighted by Crippen LogP contribution is 2.07. The van der Waals surface area contributed by atoms with Gasteiger partial charge in [0.2, 0.25) is 0 Å². The monoisotopic (exact) mass is 289 g/mol. The summed E-state index contributed by atoms with van der Waals surface area (Å²) in [5.74, 6) is 0.421. The first-order valence-electron chi connectivity index (χ1n) is 6.72. The van der Waals surface area contributed by atoms with Gasteiger partial charge in [-0.05, 0) is 18.1 Å². The van der Waals surface area contributed by atoms with Crippen molar-refractivity contribution in [3.05, 3.63) is 58.0 Å². The van der Waals surface area contributed by atoms with Crippen molar-refractivity contribution < 1.29 is 9.84 Å². The SMILES string of the molecule is CC(N)COc1cnn(Cc2ccc(CO)cc2)c(=O)c1. The summed E-state index contributed by atoms with van der Waals surface area (Å²) < 4.78 is 6.71. The number of benzene rings is 1. The molecule has 0 aliphatic heterocycles. The Balaban J connectivity index is 2.08. The summed E-state index contributed by atoms with van der Waals surface area (Å²) in [6.07, 6.45) is 1.51. The minimum Gasteiger partial charge on any atom is -0.490 e. The number of rotatable bonds is 6. The molecule has 0 fully saturated rings. The number of nitrogens with zero attached hydrogens (tertiary/aromatic N) is 2. The summed E-state index contributed by atoms with van der Waals surface area (Å²) >= 11 is 0. The van der Waals surface area contributed by atoms with Crippen molar-refractivity contribution in [3.63, 3.8) is 0 Å². The molecule has 1 aromatic heterocycles. The molecule has 0 aliphatic rings. The molecule has 0 saturated carbocycles. The molecule has 1 unspecified atom stereocenters. The lowest BCUT2D eigenvalue weighted by Crippen LogP contribution is -2.26. The van der Waals surface area contributed by atoms with Crippen molar-refractivity contribution in [3.8, 4) is 5.75 Å². The Labute approximate surface area is 122 Å². The van der Waals surface area contributed by atoms with Crippen molar-refractivity contribution >= 4 is 0 Å². The van der Waals surface area contributed by atoms with E-state index in [1.54, 1.807) is 0 Å². The number of aromatic nitrogens is 2. The predicted molar refractivity (Wildman–Crippen MR) is 79.1 cm³/mol. The van der Waals surface area contributed by atoms with Crippen LogP contribution < -0.4 is 16.0 Å². The molecule has 0 amide bonds. The largest absolute Gasteiger partial charge is 0.490 e. The van der Waals surface area contributed by atoms with E-state index >= 15 is 0 Å². The molecule has 6 nitrogen and oxygen atoms in total. The third kappa shape index (κ3) is 4.40. The van der Waals surface area contributed by atoms with Crippen LogP contribution in [0, 0.1) is 0 Å². The van der Waals surface area contributed by atoms with Crippen LogP contribution in [0.25, 0.3) is 0 Å². The van der Waals surface area contributed by atoms with Gasteiger partial charge in [0.1, 0.15) is 12.4 Å². The summed E-state index contributed by atoms with van der Waals surface area (Å²) in [4.78, 5) is 12.0.